The van der Waals surface area contributed by atoms with E-state index in [4.69, 9.17) is 9.05 Å². The van der Waals surface area contributed by atoms with Gasteiger partial charge < -0.3 is 9.05 Å². The Kier molecular flexibility index (Phi) is 4.73. The van der Waals surface area contributed by atoms with Gasteiger partial charge in [-0.3, -0.25) is 0 Å². The third kappa shape index (κ3) is 2.98. The second-order valence-electron chi connectivity index (χ2n) is 0.909. The molecule has 2 nitrogen and oxygen atoms in total. The zero-order valence-corrected chi connectivity index (χ0v) is 5.74. The zero-order chi connectivity index (χ0) is 5.70. The molecule has 0 aliphatic rings. The molecule has 0 aromatic rings. The van der Waals surface area contributed by atoms with Crippen LogP contribution in [0.25, 0.3) is 0 Å². The lowest BCUT2D eigenvalue weighted by molar-refractivity contribution is 0.346. The summed E-state index contributed by atoms with van der Waals surface area (Å²) in [5, 5.41) is 0. The number of hydrogen-bond acceptors (Lipinski definition) is 2. The van der Waals surface area contributed by atoms with E-state index in [1.165, 1.54) is 0 Å². The number of rotatable bonds is 3. The van der Waals surface area contributed by atoms with Crippen LogP contribution in [-0.2, 0) is 9.05 Å². The van der Waals surface area contributed by atoms with Gasteiger partial charge in [0.2, 0.25) is 0 Å². The summed E-state index contributed by atoms with van der Waals surface area (Å²) in [4.78, 5) is 0. The van der Waals surface area contributed by atoms with Gasteiger partial charge in [0.25, 0.3) is 0 Å². The molecule has 3 heteroatoms. The molecule has 0 aromatic heterocycles. The highest BCUT2D eigenvalue weighted by atomic mass is 31.2. The minimum atomic E-state index is -0.679. The molecule has 43 valence electrons. The Hall–Kier alpha value is 0.350. The van der Waals surface area contributed by atoms with Crippen molar-refractivity contribution in [3.05, 3.63) is 6.16 Å². The van der Waals surface area contributed by atoms with Gasteiger partial charge in [-0.25, -0.2) is 0 Å². The standard InChI is InChI=1S/C4H10O2P/c1-4-7(5-2)6-3/h4H,1-3H3. The summed E-state index contributed by atoms with van der Waals surface area (Å²) in [6, 6.07) is 0. The zero-order valence-electron chi connectivity index (χ0n) is 4.84. The normalized spacial score (nSPS) is 10.3. The minimum Gasteiger partial charge on any atom is -0.337 e. The van der Waals surface area contributed by atoms with Crippen molar-refractivity contribution in [1.82, 2.24) is 0 Å². The monoisotopic (exact) mass is 121 g/mol. The average Bonchev–Trinajstić information content (AvgIpc) is 1.72. The Morgan fingerprint density at radius 1 is 1.29 bits per heavy atom. The van der Waals surface area contributed by atoms with Crippen LogP contribution in [0, 0.1) is 6.16 Å². The molecular formula is C4H10O2P. The van der Waals surface area contributed by atoms with Gasteiger partial charge in [0.15, 0.2) is 8.38 Å². The van der Waals surface area contributed by atoms with E-state index in [9.17, 15) is 0 Å². The molecular weight excluding hydrogens is 111 g/mol. The summed E-state index contributed by atoms with van der Waals surface area (Å²) in [6.45, 7) is 1.92. The fourth-order valence-corrected chi connectivity index (χ4v) is 0.856. The molecule has 0 saturated heterocycles. The Labute approximate surface area is 45.7 Å². The van der Waals surface area contributed by atoms with Crippen LogP contribution in [0.1, 0.15) is 6.92 Å². The van der Waals surface area contributed by atoms with E-state index in [-0.39, 0.29) is 0 Å². The van der Waals surface area contributed by atoms with Crippen LogP contribution in [0.2, 0.25) is 0 Å². The fraction of sp³-hybridized carbons (Fsp3) is 0.750. The average molecular weight is 121 g/mol. The van der Waals surface area contributed by atoms with Gasteiger partial charge >= 0.3 is 0 Å². The van der Waals surface area contributed by atoms with Crippen molar-refractivity contribution in [3.8, 4) is 0 Å². The van der Waals surface area contributed by atoms with Crippen LogP contribution in [0.4, 0.5) is 0 Å². The summed E-state index contributed by atoms with van der Waals surface area (Å²) in [6.07, 6.45) is 1.90. The molecule has 0 amide bonds. The largest absolute Gasteiger partial charge is 0.337 e. The van der Waals surface area contributed by atoms with Crippen molar-refractivity contribution < 1.29 is 9.05 Å². The third-order valence-electron chi connectivity index (χ3n) is 0.571. The van der Waals surface area contributed by atoms with Crippen molar-refractivity contribution >= 4 is 8.38 Å². The van der Waals surface area contributed by atoms with Gasteiger partial charge in [0.05, 0.1) is 0 Å². The molecule has 0 atom stereocenters. The first-order valence-electron chi connectivity index (χ1n) is 2.02. The Morgan fingerprint density at radius 2 is 1.71 bits per heavy atom. The van der Waals surface area contributed by atoms with Gasteiger partial charge in [-0.15, -0.1) is 0 Å². The second-order valence-corrected chi connectivity index (χ2v) is 2.73. The molecule has 0 rings (SSSR count). The lowest BCUT2D eigenvalue weighted by atomic mass is 11.0. The molecule has 0 N–H and O–H groups in total. The lowest BCUT2D eigenvalue weighted by Crippen LogP contribution is -1.77. The maximum Gasteiger partial charge on any atom is 0.173 e. The van der Waals surface area contributed by atoms with Gasteiger partial charge in [-0.1, -0.05) is 6.92 Å². The topological polar surface area (TPSA) is 18.5 Å². The van der Waals surface area contributed by atoms with Crippen molar-refractivity contribution in [2.75, 3.05) is 14.2 Å². The Balaban J connectivity index is 2.99. The first-order valence-corrected chi connectivity index (χ1v) is 3.26. The Bertz CT molecular complexity index is 31.2. The predicted octanol–water partition coefficient (Wildman–Crippen LogP) is 1.77. The molecule has 0 saturated carbocycles. The quantitative estimate of drug-likeness (QED) is 0.530. The van der Waals surface area contributed by atoms with E-state index in [1.54, 1.807) is 14.2 Å². The smallest absolute Gasteiger partial charge is 0.173 e. The summed E-state index contributed by atoms with van der Waals surface area (Å²) < 4.78 is 9.67. The van der Waals surface area contributed by atoms with Crippen LogP contribution in [0.15, 0.2) is 0 Å². The van der Waals surface area contributed by atoms with Gasteiger partial charge in [0, 0.05) is 20.4 Å². The van der Waals surface area contributed by atoms with Crippen LogP contribution >= 0.6 is 8.38 Å². The van der Waals surface area contributed by atoms with Gasteiger partial charge in [-0.2, -0.15) is 0 Å². The lowest BCUT2D eigenvalue weighted by Gasteiger charge is -2.06. The summed E-state index contributed by atoms with van der Waals surface area (Å²) in [7, 11) is 2.59. The molecule has 0 aliphatic carbocycles. The molecule has 1 radical (unpaired) electrons. The Morgan fingerprint density at radius 3 is 1.71 bits per heavy atom. The van der Waals surface area contributed by atoms with E-state index in [2.05, 4.69) is 0 Å². The number of hydrogen-bond donors (Lipinski definition) is 0. The van der Waals surface area contributed by atoms with Crippen molar-refractivity contribution in [3.63, 3.8) is 0 Å². The molecule has 0 aromatic carbocycles. The van der Waals surface area contributed by atoms with Crippen LogP contribution < -0.4 is 0 Å². The van der Waals surface area contributed by atoms with E-state index in [0.717, 1.165) is 0 Å². The summed E-state index contributed by atoms with van der Waals surface area (Å²) >= 11 is 0. The SMILES string of the molecule is C[CH]P(OC)OC. The van der Waals surface area contributed by atoms with Crippen molar-refractivity contribution in [1.29, 1.82) is 0 Å². The maximum absolute atomic E-state index is 4.84. The van der Waals surface area contributed by atoms with Crippen molar-refractivity contribution in [2.45, 2.75) is 6.92 Å². The van der Waals surface area contributed by atoms with Gasteiger partial charge in [0.1, 0.15) is 0 Å². The first kappa shape index (κ1) is 7.35. The molecule has 0 bridgehead atoms. The minimum absolute atomic E-state index is 0.679. The highest BCUT2D eigenvalue weighted by Crippen LogP contribution is 2.38. The third-order valence-corrected chi connectivity index (χ3v) is 1.71. The highest BCUT2D eigenvalue weighted by Gasteiger charge is 1.98. The summed E-state index contributed by atoms with van der Waals surface area (Å²) in [5.74, 6) is 0. The maximum atomic E-state index is 4.84. The van der Waals surface area contributed by atoms with E-state index >= 15 is 0 Å². The van der Waals surface area contributed by atoms with Crippen molar-refractivity contribution in [2.24, 2.45) is 0 Å². The first-order chi connectivity index (χ1) is 3.35. The van der Waals surface area contributed by atoms with E-state index in [0.29, 0.717) is 0 Å². The van der Waals surface area contributed by atoms with E-state index in [1.807, 2.05) is 13.1 Å². The highest BCUT2D eigenvalue weighted by molar-refractivity contribution is 7.49. The summed E-state index contributed by atoms with van der Waals surface area (Å²) in [5.41, 5.74) is 0. The fourth-order valence-electron chi connectivity index (χ4n) is 0.285. The second kappa shape index (κ2) is 4.51. The molecule has 7 heavy (non-hydrogen) atoms. The molecule has 0 heterocycles. The van der Waals surface area contributed by atoms with E-state index < -0.39 is 8.38 Å². The predicted molar refractivity (Wildman–Crippen MR) is 30.9 cm³/mol. The van der Waals surface area contributed by atoms with Crippen LogP contribution in [0.5, 0.6) is 0 Å². The molecule has 0 aliphatic heterocycles. The molecule has 0 fully saturated rings. The van der Waals surface area contributed by atoms with Crippen LogP contribution in [-0.4, -0.2) is 14.2 Å². The molecule has 0 unspecified atom stereocenters. The molecule has 0 spiro atoms. The van der Waals surface area contributed by atoms with Gasteiger partial charge in [-0.05, 0) is 0 Å². The van der Waals surface area contributed by atoms with Crippen LogP contribution in [0.3, 0.4) is 0 Å².